The fourth-order valence-electron chi connectivity index (χ4n) is 8.25. The lowest BCUT2D eigenvalue weighted by Gasteiger charge is -2.29. The SMILES string of the molecule is CCCCCCCC1CCC(c2ccc(CCC(=O)CCc3ccc(C4CCC(CCCCCCC)CC4)cc3)cc2)CC1. The van der Waals surface area contributed by atoms with E-state index in [1.54, 1.807) is 0 Å². The molecule has 2 saturated carbocycles. The highest BCUT2D eigenvalue weighted by atomic mass is 16.1. The first-order chi connectivity index (χ1) is 21.6. The van der Waals surface area contributed by atoms with Crippen LogP contribution in [0.5, 0.6) is 0 Å². The van der Waals surface area contributed by atoms with E-state index in [1.807, 2.05) is 0 Å². The van der Waals surface area contributed by atoms with Gasteiger partial charge in [-0.3, -0.25) is 4.79 Å². The summed E-state index contributed by atoms with van der Waals surface area (Å²) >= 11 is 0. The van der Waals surface area contributed by atoms with Crippen molar-refractivity contribution >= 4 is 5.78 Å². The van der Waals surface area contributed by atoms with Crippen molar-refractivity contribution in [3.63, 3.8) is 0 Å². The van der Waals surface area contributed by atoms with Crippen LogP contribution in [0.15, 0.2) is 48.5 Å². The number of benzene rings is 2. The summed E-state index contributed by atoms with van der Waals surface area (Å²) in [5.74, 6) is 3.83. The number of carbonyl (C=O) groups is 1. The average Bonchev–Trinajstić information content (AvgIpc) is 3.07. The molecule has 244 valence electrons. The fourth-order valence-corrected chi connectivity index (χ4v) is 8.25. The van der Waals surface area contributed by atoms with Crippen LogP contribution in [0.3, 0.4) is 0 Å². The van der Waals surface area contributed by atoms with Crippen molar-refractivity contribution in [3.05, 3.63) is 70.8 Å². The standard InChI is InChI=1S/C43H66O/c1-3-5-7-9-11-13-35-15-25-39(26-16-35)41-29-19-37(20-30-41)23-33-43(44)34-24-38-21-31-42(32-22-38)40-27-17-36(18-28-40)14-12-10-8-6-4-2/h19-22,29-32,35-36,39-40H,3-18,23-28,33-34H2,1-2H3. The molecule has 2 aliphatic rings. The van der Waals surface area contributed by atoms with Crippen LogP contribution >= 0.6 is 0 Å². The number of rotatable bonds is 20. The van der Waals surface area contributed by atoms with E-state index in [4.69, 9.17) is 0 Å². The van der Waals surface area contributed by atoms with E-state index in [2.05, 4.69) is 62.4 Å². The highest BCUT2D eigenvalue weighted by molar-refractivity contribution is 5.78. The summed E-state index contributed by atoms with van der Waals surface area (Å²) < 4.78 is 0. The van der Waals surface area contributed by atoms with E-state index in [0.717, 1.165) is 36.5 Å². The minimum atomic E-state index is 0.402. The number of carbonyl (C=O) groups excluding carboxylic acids is 1. The highest BCUT2D eigenvalue weighted by Crippen LogP contribution is 2.39. The second-order valence-corrected chi connectivity index (χ2v) is 14.9. The molecule has 0 saturated heterocycles. The van der Waals surface area contributed by atoms with Gasteiger partial charge in [0.15, 0.2) is 0 Å². The molecule has 0 atom stereocenters. The normalized spacial score (nSPS) is 22.2. The van der Waals surface area contributed by atoms with Gasteiger partial charge in [0.05, 0.1) is 0 Å². The van der Waals surface area contributed by atoms with E-state index < -0.39 is 0 Å². The van der Waals surface area contributed by atoms with E-state index in [9.17, 15) is 4.79 Å². The predicted octanol–water partition coefficient (Wildman–Crippen LogP) is 13.1. The third-order valence-electron chi connectivity index (χ3n) is 11.4. The molecule has 2 aliphatic carbocycles. The van der Waals surface area contributed by atoms with Gasteiger partial charge in [-0.05, 0) is 110 Å². The smallest absolute Gasteiger partial charge is 0.133 e. The van der Waals surface area contributed by atoms with Gasteiger partial charge in [0.25, 0.3) is 0 Å². The van der Waals surface area contributed by atoms with Crippen molar-refractivity contribution in [3.8, 4) is 0 Å². The maximum absolute atomic E-state index is 12.7. The van der Waals surface area contributed by atoms with Gasteiger partial charge in [-0.2, -0.15) is 0 Å². The largest absolute Gasteiger partial charge is 0.300 e. The molecule has 0 amide bonds. The summed E-state index contributed by atoms with van der Waals surface area (Å²) in [5.41, 5.74) is 5.68. The second kappa shape index (κ2) is 20.3. The Bertz CT molecular complexity index is 934. The van der Waals surface area contributed by atoms with E-state index in [0.29, 0.717) is 18.6 Å². The zero-order valence-electron chi connectivity index (χ0n) is 28.8. The first-order valence-corrected chi connectivity index (χ1v) is 19.3. The molecule has 0 unspecified atom stereocenters. The summed E-state index contributed by atoms with van der Waals surface area (Å²) in [7, 11) is 0. The third kappa shape index (κ3) is 12.5. The Morgan fingerprint density at radius 2 is 0.864 bits per heavy atom. The summed E-state index contributed by atoms with van der Waals surface area (Å²) in [6.07, 6.45) is 31.2. The Balaban J connectivity index is 1.08. The van der Waals surface area contributed by atoms with Crippen LogP contribution in [-0.4, -0.2) is 5.78 Å². The molecule has 0 spiro atoms. The van der Waals surface area contributed by atoms with Gasteiger partial charge in [0, 0.05) is 12.8 Å². The van der Waals surface area contributed by atoms with Crippen molar-refractivity contribution in [1.82, 2.24) is 0 Å². The number of hydrogen-bond donors (Lipinski definition) is 0. The monoisotopic (exact) mass is 599 g/mol. The molecule has 0 bridgehead atoms. The lowest BCUT2D eigenvalue weighted by atomic mass is 9.77. The zero-order chi connectivity index (χ0) is 30.8. The molecule has 1 heteroatoms. The molecular formula is C43H66O. The van der Waals surface area contributed by atoms with Crippen molar-refractivity contribution in [2.24, 2.45) is 11.8 Å². The van der Waals surface area contributed by atoms with Crippen molar-refractivity contribution in [2.45, 2.75) is 180 Å². The Morgan fingerprint density at radius 3 is 1.23 bits per heavy atom. The van der Waals surface area contributed by atoms with Crippen molar-refractivity contribution in [1.29, 1.82) is 0 Å². The Hall–Kier alpha value is -1.89. The molecule has 0 aromatic heterocycles. The predicted molar refractivity (Wildman–Crippen MR) is 191 cm³/mol. The number of ketones is 1. The Morgan fingerprint density at radius 1 is 0.500 bits per heavy atom. The molecule has 44 heavy (non-hydrogen) atoms. The lowest BCUT2D eigenvalue weighted by molar-refractivity contribution is -0.119. The molecular weight excluding hydrogens is 532 g/mol. The first-order valence-electron chi connectivity index (χ1n) is 19.3. The topological polar surface area (TPSA) is 17.1 Å². The molecule has 4 rings (SSSR count). The van der Waals surface area contributed by atoms with Gasteiger partial charge in [-0.15, -0.1) is 0 Å². The number of Topliss-reactive ketones (excluding diaryl/α,β-unsaturated/α-hetero) is 1. The second-order valence-electron chi connectivity index (χ2n) is 14.9. The number of aryl methyl sites for hydroxylation is 2. The Kier molecular flexibility index (Phi) is 16.1. The van der Waals surface area contributed by atoms with Crippen molar-refractivity contribution in [2.75, 3.05) is 0 Å². The lowest BCUT2D eigenvalue weighted by Crippen LogP contribution is -2.13. The van der Waals surface area contributed by atoms with Gasteiger partial charge < -0.3 is 0 Å². The minimum Gasteiger partial charge on any atom is -0.300 e. The summed E-state index contributed by atoms with van der Waals surface area (Å²) in [4.78, 5) is 12.7. The Labute approximate surface area is 272 Å². The van der Waals surface area contributed by atoms with Crippen LogP contribution in [0, 0.1) is 11.8 Å². The third-order valence-corrected chi connectivity index (χ3v) is 11.4. The molecule has 0 heterocycles. The molecule has 0 radical (unpaired) electrons. The molecule has 0 aliphatic heterocycles. The maximum atomic E-state index is 12.7. The number of unbranched alkanes of at least 4 members (excludes halogenated alkanes) is 8. The highest BCUT2D eigenvalue weighted by Gasteiger charge is 2.23. The first kappa shape index (κ1) is 35.0. The van der Waals surface area contributed by atoms with Gasteiger partial charge >= 0.3 is 0 Å². The van der Waals surface area contributed by atoms with Crippen LogP contribution in [0.1, 0.15) is 189 Å². The van der Waals surface area contributed by atoms with E-state index >= 15 is 0 Å². The van der Waals surface area contributed by atoms with Gasteiger partial charge in [-0.1, -0.05) is 139 Å². The van der Waals surface area contributed by atoms with E-state index in [1.165, 1.54) is 151 Å². The summed E-state index contributed by atoms with van der Waals surface area (Å²) in [5, 5.41) is 0. The van der Waals surface area contributed by atoms with Crippen LogP contribution in [0.2, 0.25) is 0 Å². The number of hydrogen-bond acceptors (Lipinski definition) is 1. The summed E-state index contributed by atoms with van der Waals surface area (Å²) in [6.45, 7) is 4.60. The molecule has 2 fully saturated rings. The average molecular weight is 599 g/mol. The summed E-state index contributed by atoms with van der Waals surface area (Å²) in [6, 6.07) is 18.6. The molecule has 2 aromatic rings. The zero-order valence-corrected chi connectivity index (χ0v) is 28.8. The minimum absolute atomic E-state index is 0.402. The van der Waals surface area contributed by atoms with Crippen LogP contribution in [0.25, 0.3) is 0 Å². The van der Waals surface area contributed by atoms with Crippen LogP contribution in [0.4, 0.5) is 0 Å². The molecule has 2 aromatic carbocycles. The van der Waals surface area contributed by atoms with E-state index in [-0.39, 0.29) is 0 Å². The van der Waals surface area contributed by atoms with Crippen LogP contribution < -0.4 is 0 Å². The van der Waals surface area contributed by atoms with Crippen LogP contribution in [-0.2, 0) is 17.6 Å². The molecule has 1 nitrogen and oxygen atoms in total. The van der Waals surface area contributed by atoms with Crippen molar-refractivity contribution < 1.29 is 4.79 Å². The van der Waals surface area contributed by atoms with Gasteiger partial charge in [0.2, 0.25) is 0 Å². The van der Waals surface area contributed by atoms with Gasteiger partial charge in [0.1, 0.15) is 5.78 Å². The quantitative estimate of drug-likeness (QED) is 0.139. The molecule has 0 N–H and O–H groups in total. The fraction of sp³-hybridized carbons (Fsp3) is 0.698. The maximum Gasteiger partial charge on any atom is 0.133 e. The van der Waals surface area contributed by atoms with Gasteiger partial charge in [-0.25, -0.2) is 0 Å².